The van der Waals surface area contributed by atoms with Crippen LogP contribution in [0.15, 0.2) is 45.3 Å². The van der Waals surface area contributed by atoms with E-state index in [0.29, 0.717) is 14.6 Å². The smallest absolute Gasteiger partial charge is 0.147 e. The van der Waals surface area contributed by atoms with Gasteiger partial charge in [-0.2, -0.15) is 0 Å². The number of benzene rings is 2. The molecule has 0 heterocycles. The van der Waals surface area contributed by atoms with Crippen LogP contribution in [0.4, 0.5) is 14.5 Å². The van der Waals surface area contributed by atoms with E-state index >= 15 is 0 Å². The summed E-state index contributed by atoms with van der Waals surface area (Å²) < 4.78 is 28.0. The second-order valence-corrected chi connectivity index (χ2v) is 5.93. The van der Waals surface area contributed by atoms with Crippen LogP contribution in [0, 0.1) is 11.6 Å². The Bertz CT molecular complexity index is 602. The fraction of sp³-hybridized carbons (Fsp3) is 0.143. The summed E-state index contributed by atoms with van der Waals surface area (Å²) in [7, 11) is 0. The van der Waals surface area contributed by atoms with Crippen LogP contribution >= 0.6 is 31.9 Å². The number of anilines is 1. The molecule has 1 unspecified atom stereocenters. The topological polar surface area (TPSA) is 12.0 Å². The van der Waals surface area contributed by atoms with E-state index in [9.17, 15) is 8.78 Å². The van der Waals surface area contributed by atoms with Crippen LogP contribution in [0.1, 0.15) is 18.5 Å². The molecule has 1 atom stereocenters. The van der Waals surface area contributed by atoms with Crippen LogP contribution in [-0.4, -0.2) is 0 Å². The molecule has 0 saturated heterocycles. The molecule has 0 fully saturated rings. The minimum Gasteiger partial charge on any atom is -0.376 e. The van der Waals surface area contributed by atoms with Crippen LogP contribution < -0.4 is 5.32 Å². The van der Waals surface area contributed by atoms with E-state index in [1.807, 2.05) is 6.92 Å². The fourth-order valence-electron chi connectivity index (χ4n) is 1.70. The van der Waals surface area contributed by atoms with E-state index in [-0.39, 0.29) is 17.7 Å². The van der Waals surface area contributed by atoms with E-state index in [1.165, 1.54) is 12.1 Å². The lowest BCUT2D eigenvalue weighted by Gasteiger charge is -2.17. The van der Waals surface area contributed by atoms with Gasteiger partial charge in [-0.15, -0.1) is 0 Å². The minimum atomic E-state index is -0.331. The third kappa shape index (κ3) is 3.54. The van der Waals surface area contributed by atoms with Crippen LogP contribution in [0.2, 0.25) is 0 Å². The third-order valence-electron chi connectivity index (χ3n) is 2.75. The van der Waals surface area contributed by atoms with Crippen molar-refractivity contribution in [2.45, 2.75) is 13.0 Å². The average molecular weight is 391 g/mol. The maximum absolute atomic E-state index is 13.7. The first-order valence-corrected chi connectivity index (χ1v) is 7.22. The molecule has 1 N–H and O–H groups in total. The molecule has 0 aliphatic carbocycles. The van der Waals surface area contributed by atoms with Gasteiger partial charge in [-0.05, 0) is 58.7 Å². The number of hydrogen-bond donors (Lipinski definition) is 1. The molecule has 0 bridgehead atoms. The highest BCUT2D eigenvalue weighted by Gasteiger charge is 2.10. The summed E-state index contributed by atoms with van der Waals surface area (Å²) in [5.41, 5.74) is 1.28. The average Bonchev–Trinajstić information content (AvgIpc) is 2.36. The van der Waals surface area contributed by atoms with Crippen molar-refractivity contribution in [1.82, 2.24) is 0 Å². The van der Waals surface area contributed by atoms with Crippen molar-refractivity contribution in [3.8, 4) is 0 Å². The Kier molecular flexibility index (Phi) is 4.58. The van der Waals surface area contributed by atoms with Gasteiger partial charge in [0, 0.05) is 10.5 Å². The Labute approximate surface area is 127 Å². The molecule has 19 heavy (non-hydrogen) atoms. The van der Waals surface area contributed by atoms with Crippen LogP contribution in [0.5, 0.6) is 0 Å². The second-order valence-electron chi connectivity index (χ2n) is 4.16. The first-order valence-electron chi connectivity index (χ1n) is 5.64. The van der Waals surface area contributed by atoms with E-state index in [0.717, 1.165) is 5.56 Å². The van der Waals surface area contributed by atoms with Crippen molar-refractivity contribution >= 4 is 37.5 Å². The first kappa shape index (κ1) is 14.5. The van der Waals surface area contributed by atoms with Gasteiger partial charge in [0.05, 0.1) is 10.2 Å². The Hall–Kier alpha value is -0.940. The van der Waals surface area contributed by atoms with Crippen LogP contribution in [-0.2, 0) is 0 Å². The lowest BCUT2D eigenvalue weighted by molar-refractivity contribution is 0.618. The lowest BCUT2D eigenvalue weighted by Crippen LogP contribution is -2.08. The Morgan fingerprint density at radius 3 is 2.37 bits per heavy atom. The quantitative estimate of drug-likeness (QED) is 0.712. The number of rotatable bonds is 3. The zero-order valence-electron chi connectivity index (χ0n) is 10.1. The SMILES string of the molecule is CC(Nc1ccc(Br)cc1F)c1ccc(F)c(Br)c1. The van der Waals surface area contributed by atoms with E-state index < -0.39 is 0 Å². The van der Waals surface area contributed by atoms with Crippen molar-refractivity contribution in [2.24, 2.45) is 0 Å². The largest absolute Gasteiger partial charge is 0.376 e. The number of nitrogens with one attached hydrogen (secondary N) is 1. The Balaban J connectivity index is 2.20. The minimum absolute atomic E-state index is 0.132. The van der Waals surface area contributed by atoms with Gasteiger partial charge in [-0.1, -0.05) is 22.0 Å². The highest BCUT2D eigenvalue weighted by atomic mass is 79.9. The summed E-state index contributed by atoms with van der Waals surface area (Å²) in [6.07, 6.45) is 0. The summed E-state index contributed by atoms with van der Waals surface area (Å²) in [5.74, 6) is -0.645. The van der Waals surface area contributed by atoms with Gasteiger partial charge in [0.25, 0.3) is 0 Å². The third-order valence-corrected chi connectivity index (χ3v) is 3.85. The van der Waals surface area contributed by atoms with Gasteiger partial charge in [-0.3, -0.25) is 0 Å². The number of halogens is 4. The summed E-state index contributed by atoms with van der Waals surface area (Å²) in [6.45, 7) is 1.89. The first-order chi connectivity index (χ1) is 8.97. The maximum atomic E-state index is 13.7. The molecule has 0 radical (unpaired) electrons. The summed E-state index contributed by atoms with van der Waals surface area (Å²) in [5, 5.41) is 3.06. The van der Waals surface area contributed by atoms with Gasteiger partial charge in [0.2, 0.25) is 0 Å². The summed E-state index contributed by atoms with van der Waals surface area (Å²) in [6, 6.07) is 9.43. The maximum Gasteiger partial charge on any atom is 0.147 e. The second kappa shape index (κ2) is 6.01. The predicted molar refractivity (Wildman–Crippen MR) is 80.2 cm³/mol. The Morgan fingerprint density at radius 1 is 1.00 bits per heavy atom. The van der Waals surface area contributed by atoms with Crippen LogP contribution in [0.25, 0.3) is 0 Å². The fourth-order valence-corrected chi connectivity index (χ4v) is 2.43. The van der Waals surface area contributed by atoms with E-state index in [2.05, 4.69) is 37.2 Å². The highest BCUT2D eigenvalue weighted by Crippen LogP contribution is 2.26. The predicted octanol–water partition coefficient (Wildman–Crippen LogP) is 5.66. The normalized spacial score (nSPS) is 12.3. The molecule has 1 nitrogen and oxygen atoms in total. The molecule has 0 aliphatic rings. The molecule has 2 aromatic carbocycles. The standard InChI is InChI=1S/C14H11Br2F2N/c1-8(9-2-4-12(17)11(16)6-9)19-14-5-3-10(15)7-13(14)18/h2-8,19H,1H3. The molecule has 0 aliphatic heterocycles. The molecule has 100 valence electrons. The summed E-state index contributed by atoms with van der Waals surface area (Å²) >= 11 is 6.35. The number of hydrogen-bond acceptors (Lipinski definition) is 1. The van der Waals surface area contributed by atoms with Gasteiger partial charge >= 0.3 is 0 Å². The molecule has 0 saturated carbocycles. The molecule has 0 amide bonds. The van der Waals surface area contributed by atoms with Crippen molar-refractivity contribution in [3.05, 3.63) is 62.5 Å². The zero-order chi connectivity index (χ0) is 14.0. The van der Waals surface area contributed by atoms with Crippen molar-refractivity contribution in [1.29, 1.82) is 0 Å². The Morgan fingerprint density at radius 2 is 1.74 bits per heavy atom. The lowest BCUT2D eigenvalue weighted by atomic mass is 10.1. The molecule has 5 heteroatoms. The molecular formula is C14H11Br2F2N. The molecule has 2 aromatic rings. The van der Waals surface area contributed by atoms with Gasteiger partial charge < -0.3 is 5.32 Å². The van der Waals surface area contributed by atoms with E-state index in [1.54, 1.807) is 24.3 Å². The zero-order valence-corrected chi connectivity index (χ0v) is 13.2. The van der Waals surface area contributed by atoms with Gasteiger partial charge in [0.15, 0.2) is 0 Å². The van der Waals surface area contributed by atoms with Crippen molar-refractivity contribution < 1.29 is 8.78 Å². The molecule has 0 spiro atoms. The molecular weight excluding hydrogens is 380 g/mol. The van der Waals surface area contributed by atoms with Crippen molar-refractivity contribution in [2.75, 3.05) is 5.32 Å². The van der Waals surface area contributed by atoms with Gasteiger partial charge in [-0.25, -0.2) is 8.78 Å². The van der Waals surface area contributed by atoms with E-state index in [4.69, 9.17) is 0 Å². The monoisotopic (exact) mass is 389 g/mol. The highest BCUT2D eigenvalue weighted by molar-refractivity contribution is 9.10. The van der Waals surface area contributed by atoms with Crippen molar-refractivity contribution in [3.63, 3.8) is 0 Å². The van der Waals surface area contributed by atoms with Gasteiger partial charge in [0.1, 0.15) is 11.6 Å². The summed E-state index contributed by atoms with van der Waals surface area (Å²) in [4.78, 5) is 0. The molecule has 2 rings (SSSR count). The van der Waals surface area contributed by atoms with Crippen LogP contribution in [0.3, 0.4) is 0 Å². The molecule has 0 aromatic heterocycles.